The summed E-state index contributed by atoms with van der Waals surface area (Å²) in [5, 5.41) is 8.81. The van der Waals surface area contributed by atoms with Gasteiger partial charge in [0.25, 0.3) is 0 Å². The van der Waals surface area contributed by atoms with Crippen molar-refractivity contribution < 1.29 is 9.59 Å². The lowest BCUT2D eigenvalue weighted by Gasteiger charge is -2.32. The van der Waals surface area contributed by atoms with Crippen LogP contribution in [-0.4, -0.2) is 42.5 Å². The molecular weight excluding hydrogens is 316 g/mol. The van der Waals surface area contributed by atoms with E-state index in [9.17, 15) is 9.59 Å². The molecule has 1 aromatic rings. The maximum atomic E-state index is 12.2. The Hall–Kier alpha value is -2.34. The first-order chi connectivity index (χ1) is 12.0. The number of nitrogens with zero attached hydrogens (tertiary/aromatic N) is 1. The van der Waals surface area contributed by atoms with E-state index in [4.69, 9.17) is 0 Å². The molecule has 3 rings (SSSR count). The Morgan fingerprint density at radius 1 is 1.32 bits per heavy atom. The first-order valence-electron chi connectivity index (χ1n) is 8.86. The second-order valence-corrected chi connectivity index (χ2v) is 7.03. The standard InChI is InChI=1S/C19H26N4O2/c1-13(2)12-23-9-7-15(8-10-23)20-19(25)21-16-4-5-17-14(11-16)3-6-18(24)22-17/h4-5,11,15H,1,3,6-10,12H2,2H3,(H,22,24)(H2,20,21,25). The number of likely N-dealkylation sites (tertiary alicyclic amines) is 1. The smallest absolute Gasteiger partial charge is 0.319 e. The minimum absolute atomic E-state index is 0.0453. The zero-order valence-electron chi connectivity index (χ0n) is 14.7. The molecule has 1 saturated heterocycles. The van der Waals surface area contributed by atoms with E-state index in [0.29, 0.717) is 12.8 Å². The highest BCUT2D eigenvalue weighted by Crippen LogP contribution is 2.25. The van der Waals surface area contributed by atoms with Crippen molar-refractivity contribution in [1.82, 2.24) is 10.2 Å². The van der Waals surface area contributed by atoms with Gasteiger partial charge in [-0.25, -0.2) is 4.79 Å². The Kier molecular flexibility index (Phi) is 5.38. The van der Waals surface area contributed by atoms with Crippen molar-refractivity contribution in [3.8, 4) is 0 Å². The Bertz CT molecular complexity index is 678. The van der Waals surface area contributed by atoms with Crippen molar-refractivity contribution in [3.05, 3.63) is 35.9 Å². The van der Waals surface area contributed by atoms with Crippen LogP contribution in [0.1, 0.15) is 31.7 Å². The van der Waals surface area contributed by atoms with Crippen molar-refractivity contribution in [2.45, 2.75) is 38.6 Å². The van der Waals surface area contributed by atoms with Gasteiger partial charge in [0.05, 0.1) is 0 Å². The number of piperidine rings is 1. The lowest BCUT2D eigenvalue weighted by molar-refractivity contribution is -0.116. The molecule has 25 heavy (non-hydrogen) atoms. The van der Waals surface area contributed by atoms with Crippen LogP contribution in [0.25, 0.3) is 0 Å². The lowest BCUT2D eigenvalue weighted by atomic mass is 10.0. The van der Waals surface area contributed by atoms with Crippen molar-refractivity contribution in [2.24, 2.45) is 0 Å². The van der Waals surface area contributed by atoms with Gasteiger partial charge in [-0.3, -0.25) is 9.69 Å². The fraction of sp³-hybridized carbons (Fsp3) is 0.474. The number of carbonyl (C=O) groups is 2. The van der Waals surface area contributed by atoms with E-state index < -0.39 is 0 Å². The Morgan fingerprint density at radius 2 is 2.08 bits per heavy atom. The molecule has 0 unspecified atom stereocenters. The van der Waals surface area contributed by atoms with Crippen molar-refractivity contribution in [3.63, 3.8) is 0 Å². The Balaban J connectivity index is 1.48. The van der Waals surface area contributed by atoms with Gasteiger partial charge >= 0.3 is 6.03 Å². The van der Waals surface area contributed by atoms with E-state index in [0.717, 1.165) is 49.4 Å². The highest BCUT2D eigenvalue weighted by molar-refractivity contribution is 5.95. The summed E-state index contributed by atoms with van der Waals surface area (Å²) in [6, 6.07) is 5.64. The number of anilines is 2. The monoisotopic (exact) mass is 342 g/mol. The third-order valence-electron chi connectivity index (χ3n) is 4.67. The average molecular weight is 342 g/mol. The third kappa shape index (κ3) is 4.82. The number of urea groups is 1. The molecule has 2 aliphatic heterocycles. The number of carbonyl (C=O) groups excluding carboxylic acids is 2. The normalized spacial score (nSPS) is 18.2. The molecule has 0 atom stereocenters. The van der Waals surface area contributed by atoms with E-state index in [1.54, 1.807) is 0 Å². The minimum Gasteiger partial charge on any atom is -0.335 e. The molecule has 6 heteroatoms. The number of rotatable bonds is 4. The van der Waals surface area contributed by atoms with Gasteiger partial charge in [-0.05, 0) is 49.9 Å². The fourth-order valence-corrected chi connectivity index (χ4v) is 3.43. The number of hydrogen-bond acceptors (Lipinski definition) is 3. The van der Waals surface area contributed by atoms with Gasteiger partial charge in [0.15, 0.2) is 0 Å². The molecule has 3 N–H and O–H groups in total. The van der Waals surface area contributed by atoms with Gasteiger partial charge in [0.1, 0.15) is 0 Å². The van der Waals surface area contributed by atoms with Crippen LogP contribution in [0, 0.1) is 0 Å². The number of benzene rings is 1. The zero-order chi connectivity index (χ0) is 17.8. The molecule has 3 amide bonds. The quantitative estimate of drug-likeness (QED) is 0.737. The van der Waals surface area contributed by atoms with Gasteiger partial charge in [0, 0.05) is 43.5 Å². The molecule has 6 nitrogen and oxygen atoms in total. The second kappa shape index (κ2) is 7.70. The molecule has 1 fully saturated rings. The third-order valence-corrected chi connectivity index (χ3v) is 4.67. The maximum absolute atomic E-state index is 12.2. The van der Waals surface area contributed by atoms with Crippen molar-refractivity contribution >= 4 is 23.3 Å². The molecule has 0 bridgehead atoms. The first kappa shape index (κ1) is 17.5. The van der Waals surface area contributed by atoms with Crippen LogP contribution in [0.4, 0.5) is 16.2 Å². The molecule has 0 spiro atoms. The molecule has 0 aromatic heterocycles. The number of fused-ring (bicyclic) bond motifs is 1. The predicted octanol–water partition coefficient (Wildman–Crippen LogP) is 2.73. The number of hydrogen-bond donors (Lipinski definition) is 3. The minimum atomic E-state index is -0.168. The highest BCUT2D eigenvalue weighted by atomic mass is 16.2. The Morgan fingerprint density at radius 3 is 2.80 bits per heavy atom. The summed E-state index contributed by atoms with van der Waals surface area (Å²) in [6.07, 6.45) is 3.11. The van der Waals surface area contributed by atoms with Gasteiger partial charge in [-0.2, -0.15) is 0 Å². The second-order valence-electron chi connectivity index (χ2n) is 7.03. The van der Waals surface area contributed by atoms with Crippen LogP contribution in [0.3, 0.4) is 0 Å². The van der Waals surface area contributed by atoms with Crippen molar-refractivity contribution in [2.75, 3.05) is 30.3 Å². The SMILES string of the molecule is C=C(C)CN1CCC(NC(=O)Nc2ccc3c(c2)CCC(=O)N3)CC1. The van der Waals surface area contributed by atoms with Crippen LogP contribution < -0.4 is 16.0 Å². The Labute approximate surface area is 148 Å². The van der Waals surface area contributed by atoms with Crippen LogP contribution >= 0.6 is 0 Å². The zero-order valence-corrected chi connectivity index (χ0v) is 14.7. The maximum Gasteiger partial charge on any atom is 0.319 e. The topological polar surface area (TPSA) is 73.5 Å². The summed E-state index contributed by atoms with van der Waals surface area (Å²) in [5.74, 6) is 0.0453. The van der Waals surface area contributed by atoms with Crippen LogP contribution in [0.5, 0.6) is 0 Å². The average Bonchev–Trinajstić information content (AvgIpc) is 2.56. The molecule has 0 aliphatic carbocycles. The van der Waals surface area contributed by atoms with Crippen LogP contribution in [-0.2, 0) is 11.2 Å². The largest absolute Gasteiger partial charge is 0.335 e. The van der Waals surface area contributed by atoms with E-state index in [1.807, 2.05) is 25.1 Å². The van der Waals surface area contributed by atoms with Crippen molar-refractivity contribution in [1.29, 1.82) is 0 Å². The van der Waals surface area contributed by atoms with Gasteiger partial charge in [-0.1, -0.05) is 12.2 Å². The first-order valence-corrected chi connectivity index (χ1v) is 8.86. The van der Waals surface area contributed by atoms with Gasteiger partial charge in [-0.15, -0.1) is 0 Å². The van der Waals surface area contributed by atoms with E-state index in [2.05, 4.69) is 27.4 Å². The summed E-state index contributed by atoms with van der Waals surface area (Å²) in [7, 11) is 0. The summed E-state index contributed by atoms with van der Waals surface area (Å²) in [4.78, 5) is 26.0. The molecule has 1 aromatic carbocycles. The van der Waals surface area contributed by atoms with Crippen LogP contribution in [0.15, 0.2) is 30.4 Å². The highest BCUT2D eigenvalue weighted by Gasteiger charge is 2.21. The number of amides is 3. The molecule has 0 radical (unpaired) electrons. The van der Waals surface area contributed by atoms with E-state index in [1.165, 1.54) is 5.57 Å². The summed E-state index contributed by atoms with van der Waals surface area (Å²) in [5.41, 5.74) is 3.83. The van der Waals surface area contributed by atoms with Gasteiger partial charge < -0.3 is 16.0 Å². The van der Waals surface area contributed by atoms with E-state index in [-0.39, 0.29) is 18.0 Å². The molecular formula is C19H26N4O2. The van der Waals surface area contributed by atoms with Crippen LogP contribution in [0.2, 0.25) is 0 Å². The summed E-state index contributed by atoms with van der Waals surface area (Å²) >= 11 is 0. The molecule has 2 aliphatic rings. The number of aryl methyl sites for hydroxylation is 1. The lowest BCUT2D eigenvalue weighted by Crippen LogP contribution is -2.46. The molecule has 0 saturated carbocycles. The van der Waals surface area contributed by atoms with Gasteiger partial charge in [0.2, 0.25) is 5.91 Å². The summed E-state index contributed by atoms with van der Waals surface area (Å²) in [6.45, 7) is 8.90. The number of nitrogens with one attached hydrogen (secondary N) is 3. The molecule has 2 heterocycles. The fourth-order valence-electron chi connectivity index (χ4n) is 3.43. The molecule has 134 valence electrons. The summed E-state index contributed by atoms with van der Waals surface area (Å²) < 4.78 is 0. The van der Waals surface area contributed by atoms with E-state index >= 15 is 0 Å². The predicted molar refractivity (Wildman–Crippen MR) is 99.8 cm³/mol.